The van der Waals surface area contributed by atoms with Crippen molar-refractivity contribution in [2.45, 2.75) is 25.9 Å². The van der Waals surface area contributed by atoms with Crippen molar-refractivity contribution in [1.82, 2.24) is 0 Å². The van der Waals surface area contributed by atoms with Crippen molar-refractivity contribution < 1.29 is 24.4 Å². The molecule has 0 aliphatic rings. The van der Waals surface area contributed by atoms with Gasteiger partial charge in [-0.2, -0.15) is 0 Å². The Bertz CT molecular complexity index is 499. The molecule has 1 rings (SSSR count). The van der Waals surface area contributed by atoms with E-state index in [0.717, 1.165) is 6.92 Å². The van der Waals surface area contributed by atoms with E-state index in [2.05, 4.69) is 4.74 Å². The van der Waals surface area contributed by atoms with E-state index in [1.165, 1.54) is 12.1 Å². The topological polar surface area (TPSA) is 107 Å². The van der Waals surface area contributed by atoms with Crippen LogP contribution >= 0.6 is 0 Å². The fourth-order valence-corrected chi connectivity index (χ4v) is 1.62. The maximum atomic E-state index is 10.9. The SMILES string of the molecule is CC(=O)O[C@H](CCc1ccccc1[N+](=O)[O-])C(=O)O. The number of hydrogen-bond donors (Lipinski definition) is 1. The van der Waals surface area contributed by atoms with Crippen molar-refractivity contribution >= 4 is 17.6 Å². The van der Waals surface area contributed by atoms with Crippen molar-refractivity contribution in [3.8, 4) is 0 Å². The van der Waals surface area contributed by atoms with E-state index in [1.807, 2.05) is 0 Å². The Morgan fingerprint density at radius 1 is 1.42 bits per heavy atom. The molecule has 0 unspecified atom stereocenters. The molecule has 1 N–H and O–H groups in total. The highest BCUT2D eigenvalue weighted by atomic mass is 16.6. The minimum absolute atomic E-state index is 0.0141. The summed E-state index contributed by atoms with van der Waals surface area (Å²) in [5.41, 5.74) is 0.334. The summed E-state index contributed by atoms with van der Waals surface area (Å²) in [6, 6.07) is 6.05. The molecule has 0 amide bonds. The van der Waals surface area contributed by atoms with Gasteiger partial charge in [-0.15, -0.1) is 0 Å². The van der Waals surface area contributed by atoms with Gasteiger partial charge in [0.1, 0.15) is 0 Å². The minimum Gasteiger partial charge on any atom is -0.479 e. The summed E-state index contributed by atoms with van der Waals surface area (Å²) in [7, 11) is 0. The average molecular weight is 267 g/mol. The highest BCUT2D eigenvalue weighted by Gasteiger charge is 2.22. The third kappa shape index (κ3) is 4.38. The van der Waals surface area contributed by atoms with Crippen molar-refractivity contribution in [3.63, 3.8) is 0 Å². The standard InChI is InChI=1S/C12H13NO6/c1-8(14)19-11(12(15)16)7-6-9-4-2-3-5-10(9)13(17)18/h2-5,11H,6-7H2,1H3,(H,15,16)/t11-/m1/s1. The number of benzene rings is 1. The summed E-state index contributed by atoms with van der Waals surface area (Å²) in [6.07, 6.45) is -1.17. The van der Waals surface area contributed by atoms with Crippen LogP contribution in [0.1, 0.15) is 18.9 Å². The van der Waals surface area contributed by atoms with Gasteiger partial charge in [0.2, 0.25) is 0 Å². The third-order valence-corrected chi connectivity index (χ3v) is 2.45. The smallest absolute Gasteiger partial charge is 0.345 e. The van der Waals surface area contributed by atoms with Crippen LogP contribution in [0.2, 0.25) is 0 Å². The van der Waals surface area contributed by atoms with Crippen molar-refractivity contribution in [2.75, 3.05) is 0 Å². The molecule has 0 bridgehead atoms. The number of nitrogens with zero attached hydrogens (tertiary/aromatic N) is 1. The van der Waals surface area contributed by atoms with Gasteiger partial charge in [0.05, 0.1) is 4.92 Å². The van der Waals surface area contributed by atoms with Gasteiger partial charge in [0, 0.05) is 18.6 Å². The quantitative estimate of drug-likeness (QED) is 0.476. The van der Waals surface area contributed by atoms with Crippen LogP contribution in [-0.2, 0) is 20.7 Å². The number of para-hydroxylation sites is 1. The molecular weight excluding hydrogens is 254 g/mol. The molecule has 0 aliphatic heterocycles. The molecule has 0 saturated carbocycles. The number of nitro groups is 1. The Morgan fingerprint density at radius 2 is 2.05 bits per heavy atom. The summed E-state index contributed by atoms with van der Waals surface area (Å²) in [5, 5.41) is 19.6. The molecular formula is C12H13NO6. The number of aliphatic carboxylic acids is 1. The average Bonchev–Trinajstić information content (AvgIpc) is 2.34. The molecule has 0 aliphatic carbocycles. The monoisotopic (exact) mass is 267 g/mol. The van der Waals surface area contributed by atoms with Crippen LogP contribution in [0.3, 0.4) is 0 Å². The summed E-state index contributed by atoms with van der Waals surface area (Å²) in [4.78, 5) is 31.9. The van der Waals surface area contributed by atoms with E-state index in [0.29, 0.717) is 5.56 Å². The second kappa shape index (κ2) is 6.48. The van der Waals surface area contributed by atoms with Crippen LogP contribution < -0.4 is 0 Å². The van der Waals surface area contributed by atoms with E-state index >= 15 is 0 Å². The van der Waals surface area contributed by atoms with Gasteiger partial charge in [-0.05, 0) is 12.8 Å². The molecule has 19 heavy (non-hydrogen) atoms. The summed E-state index contributed by atoms with van der Waals surface area (Å²) >= 11 is 0. The van der Waals surface area contributed by atoms with Gasteiger partial charge in [-0.25, -0.2) is 4.79 Å². The molecule has 1 aromatic carbocycles. The van der Waals surface area contributed by atoms with Crippen LogP contribution in [0.25, 0.3) is 0 Å². The zero-order chi connectivity index (χ0) is 14.4. The highest BCUT2D eigenvalue weighted by Crippen LogP contribution is 2.20. The van der Waals surface area contributed by atoms with Gasteiger partial charge < -0.3 is 9.84 Å². The largest absolute Gasteiger partial charge is 0.479 e. The Hall–Kier alpha value is -2.44. The maximum absolute atomic E-state index is 10.9. The summed E-state index contributed by atoms with van der Waals surface area (Å²) in [6.45, 7) is 1.11. The molecule has 0 aromatic heterocycles. The van der Waals surface area contributed by atoms with Crippen LogP contribution in [-0.4, -0.2) is 28.1 Å². The van der Waals surface area contributed by atoms with Crippen LogP contribution in [0, 0.1) is 10.1 Å². The maximum Gasteiger partial charge on any atom is 0.345 e. The van der Waals surface area contributed by atoms with E-state index < -0.39 is 23.0 Å². The molecule has 7 heteroatoms. The second-order valence-electron chi connectivity index (χ2n) is 3.86. The normalized spacial score (nSPS) is 11.6. The first kappa shape index (κ1) is 14.6. The molecule has 0 spiro atoms. The molecule has 7 nitrogen and oxygen atoms in total. The molecule has 0 saturated heterocycles. The Labute approximate surface area is 109 Å². The number of carbonyl (C=O) groups is 2. The summed E-state index contributed by atoms with van der Waals surface area (Å²) in [5.74, 6) is -1.97. The Balaban J connectivity index is 2.77. The van der Waals surface area contributed by atoms with E-state index in [1.54, 1.807) is 12.1 Å². The lowest BCUT2D eigenvalue weighted by atomic mass is 10.0. The first-order valence-electron chi connectivity index (χ1n) is 5.54. The predicted molar refractivity (Wildman–Crippen MR) is 64.6 cm³/mol. The number of carboxylic acid groups (broad SMARTS) is 1. The van der Waals surface area contributed by atoms with Crippen LogP contribution in [0.5, 0.6) is 0 Å². The molecule has 0 fully saturated rings. The number of carbonyl (C=O) groups excluding carboxylic acids is 1. The first-order valence-corrected chi connectivity index (χ1v) is 5.54. The number of aryl methyl sites for hydroxylation is 1. The van der Waals surface area contributed by atoms with Gasteiger partial charge in [0.15, 0.2) is 6.10 Å². The van der Waals surface area contributed by atoms with Gasteiger partial charge in [-0.1, -0.05) is 18.2 Å². The molecule has 1 atom stereocenters. The number of ether oxygens (including phenoxy) is 1. The zero-order valence-electron chi connectivity index (χ0n) is 10.2. The van der Waals surface area contributed by atoms with Crippen molar-refractivity contribution in [2.24, 2.45) is 0 Å². The minimum atomic E-state index is -1.29. The number of carboxylic acids is 1. The predicted octanol–water partition coefficient (Wildman–Crippen LogP) is 1.54. The molecule has 0 heterocycles. The lowest BCUT2D eigenvalue weighted by Crippen LogP contribution is -2.26. The first-order chi connectivity index (χ1) is 8.91. The number of hydrogen-bond acceptors (Lipinski definition) is 5. The van der Waals surface area contributed by atoms with Crippen molar-refractivity contribution in [1.29, 1.82) is 0 Å². The van der Waals surface area contributed by atoms with Crippen LogP contribution in [0.15, 0.2) is 24.3 Å². The third-order valence-electron chi connectivity index (χ3n) is 2.45. The second-order valence-corrected chi connectivity index (χ2v) is 3.86. The fraction of sp³-hybridized carbons (Fsp3) is 0.333. The lowest BCUT2D eigenvalue weighted by molar-refractivity contribution is -0.385. The van der Waals surface area contributed by atoms with Gasteiger partial charge in [-0.3, -0.25) is 14.9 Å². The highest BCUT2D eigenvalue weighted by molar-refractivity contribution is 5.76. The lowest BCUT2D eigenvalue weighted by Gasteiger charge is -2.12. The molecule has 0 radical (unpaired) electrons. The van der Waals surface area contributed by atoms with Crippen molar-refractivity contribution in [3.05, 3.63) is 39.9 Å². The van der Waals surface area contributed by atoms with E-state index in [4.69, 9.17) is 5.11 Å². The molecule has 1 aromatic rings. The molecule has 102 valence electrons. The Kier molecular flexibility index (Phi) is 4.99. The Morgan fingerprint density at radius 3 is 2.58 bits per heavy atom. The number of nitro benzene ring substituents is 1. The fourth-order valence-electron chi connectivity index (χ4n) is 1.62. The van der Waals surface area contributed by atoms with Crippen LogP contribution in [0.4, 0.5) is 5.69 Å². The summed E-state index contributed by atoms with van der Waals surface area (Å²) < 4.78 is 4.63. The van der Waals surface area contributed by atoms with Gasteiger partial charge >= 0.3 is 11.9 Å². The number of esters is 1. The number of rotatable bonds is 6. The zero-order valence-corrected chi connectivity index (χ0v) is 10.2. The van der Waals surface area contributed by atoms with E-state index in [-0.39, 0.29) is 18.5 Å². The van der Waals surface area contributed by atoms with E-state index in [9.17, 15) is 19.7 Å². The van der Waals surface area contributed by atoms with Gasteiger partial charge in [0.25, 0.3) is 5.69 Å².